The Morgan fingerprint density at radius 3 is 2.52 bits per heavy atom. The van der Waals surface area contributed by atoms with Gasteiger partial charge in [0.1, 0.15) is 5.69 Å². The van der Waals surface area contributed by atoms with E-state index in [1.54, 1.807) is 18.2 Å². The normalized spacial score (nSPS) is 11.4. The van der Waals surface area contributed by atoms with E-state index in [0.29, 0.717) is 15.7 Å². The summed E-state index contributed by atoms with van der Waals surface area (Å²) in [6.07, 6.45) is 1.29. The van der Waals surface area contributed by atoms with E-state index in [0.717, 1.165) is 16.3 Å². The Balaban J connectivity index is 1.66. The van der Waals surface area contributed by atoms with Gasteiger partial charge in [-0.05, 0) is 45.4 Å². The number of aryl methyl sites for hydroxylation is 1. The van der Waals surface area contributed by atoms with Gasteiger partial charge in [-0.2, -0.15) is 0 Å². The molecule has 8 heteroatoms. The first kappa shape index (κ1) is 21.1. The summed E-state index contributed by atoms with van der Waals surface area (Å²) in [6.45, 7) is 1.84. The van der Waals surface area contributed by atoms with Crippen LogP contribution in [0.2, 0.25) is 0 Å². The van der Waals surface area contributed by atoms with Crippen molar-refractivity contribution in [1.82, 2.24) is 9.97 Å². The third kappa shape index (κ3) is 4.50. The number of benzene rings is 3. The van der Waals surface area contributed by atoms with Crippen LogP contribution in [0.25, 0.3) is 10.8 Å². The molecular formula is C23H18BrN3O3S. The summed E-state index contributed by atoms with van der Waals surface area (Å²) in [5.41, 5.74) is 2.08. The van der Waals surface area contributed by atoms with Crippen LogP contribution in [0.15, 0.2) is 82.6 Å². The van der Waals surface area contributed by atoms with Gasteiger partial charge in [-0.1, -0.05) is 60.7 Å². The monoisotopic (exact) mass is 495 g/mol. The zero-order valence-corrected chi connectivity index (χ0v) is 18.9. The van der Waals surface area contributed by atoms with Crippen molar-refractivity contribution in [3.8, 4) is 0 Å². The predicted molar refractivity (Wildman–Crippen MR) is 124 cm³/mol. The second-order valence-corrected chi connectivity index (χ2v) is 9.75. The molecule has 0 aliphatic carbocycles. The maximum atomic E-state index is 12.9. The molecule has 0 saturated carbocycles. The zero-order chi connectivity index (χ0) is 22.0. The lowest BCUT2D eigenvalue weighted by molar-refractivity contribution is 0.102. The van der Waals surface area contributed by atoms with Crippen molar-refractivity contribution in [2.75, 3.05) is 5.32 Å². The number of carbonyl (C=O) groups is 1. The number of fused-ring (bicyclic) bond motifs is 1. The van der Waals surface area contributed by atoms with E-state index in [4.69, 9.17) is 0 Å². The van der Waals surface area contributed by atoms with Crippen LogP contribution >= 0.6 is 15.9 Å². The van der Waals surface area contributed by atoms with E-state index in [1.165, 1.54) is 6.20 Å². The Labute approximate surface area is 188 Å². The van der Waals surface area contributed by atoms with Gasteiger partial charge in [-0.15, -0.1) is 0 Å². The van der Waals surface area contributed by atoms with Gasteiger partial charge in [0.2, 0.25) is 15.0 Å². The first-order valence-electron chi connectivity index (χ1n) is 9.44. The molecule has 4 rings (SSSR count). The quantitative estimate of drug-likeness (QED) is 0.396. The number of nitrogens with zero attached hydrogens (tertiary/aromatic N) is 2. The van der Waals surface area contributed by atoms with E-state index in [9.17, 15) is 13.2 Å². The summed E-state index contributed by atoms with van der Waals surface area (Å²) >= 11 is 3.26. The van der Waals surface area contributed by atoms with Gasteiger partial charge in [-0.25, -0.2) is 18.4 Å². The predicted octanol–water partition coefficient (Wildman–Crippen LogP) is 4.93. The van der Waals surface area contributed by atoms with E-state index < -0.39 is 15.7 Å². The van der Waals surface area contributed by atoms with Crippen molar-refractivity contribution in [2.24, 2.45) is 0 Å². The molecule has 0 unspecified atom stereocenters. The number of carbonyl (C=O) groups excluding carboxylic acids is 1. The Morgan fingerprint density at radius 2 is 1.71 bits per heavy atom. The minimum Gasteiger partial charge on any atom is -0.320 e. The molecule has 3 aromatic carbocycles. The van der Waals surface area contributed by atoms with Gasteiger partial charge in [0.05, 0.1) is 10.2 Å². The molecule has 0 radical (unpaired) electrons. The summed E-state index contributed by atoms with van der Waals surface area (Å²) in [5, 5.41) is 4.29. The number of sulfone groups is 1. The third-order valence-electron chi connectivity index (χ3n) is 4.86. The molecule has 1 amide bonds. The Kier molecular flexibility index (Phi) is 5.84. The van der Waals surface area contributed by atoms with Crippen molar-refractivity contribution in [2.45, 2.75) is 17.8 Å². The number of hydrogen-bond acceptors (Lipinski definition) is 5. The second-order valence-electron chi connectivity index (χ2n) is 7.02. The molecule has 1 heterocycles. The number of anilines is 1. The Hall–Kier alpha value is -3.10. The standard InChI is InChI=1S/C23H18BrN3O3S/c1-15-7-2-3-9-17(15)14-31(29,30)23-25-13-19(24)21(27-23)22(28)26-20-12-6-10-16-8-4-5-11-18(16)20/h2-13H,14H2,1H3,(H,26,28). The smallest absolute Gasteiger partial charge is 0.275 e. The molecule has 0 saturated heterocycles. The number of rotatable bonds is 5. The SMILES string of the molecule is Cc1ccccc1CS(=O)(=O)c1ncc(Br)c(C(=O)Nc2cccc3ccccc23)n1. The van der Waals surface area contributed by atoms with Crippen molar-refractivity contribution in [3.05, 3.63) is 94.2 Å². The van der Waals surface area contributed by atoms with Gasteiger partial charge < -0.3 is 5.32 Å². The fourth-order valence-corrected chi connectivity index (χ4v) is 4.89. The lowest BCUT2D eigenvalue weighted by Crippen LogP contribution is -2.18. The minimum atomic E-state index is -3.84. The molecular weight excluding hydrogens is 478 g/mol. The molecule has 0 aliphatic rings. The zero-order valence-electron chi connectivity index (χ0n) is 16.5. The average molecular weight is 496 g/mol. The number of nitrogens with one attached hydrogen (secondary N) is 1. The largest absolute Gasteiger partial charge is 0.320 e. The molecule has 0 spiro atoms. The summed E-state index contributed by atoms with van der Waals surface area (Å²) in [6, 6.07) is 20.4. The first-order valence-corrected chi connectivity index (χ1v) is 11.9. The molecule has 0 fully saturated rings. The van der Waals surface area contributed by atoms with Crippen LogP contribution in [0.1, 0.15) is 21.6 Å². The highest BCUT2D eigenvalue weighted by molar-refractivity contribution is 9.10. The average Bonchev–Trinajstić information content (AvgIpc) is 2.75. The van der Waals surface area contributed by atoms with E-state index in [2.05, 4.69) is 31.2 Å². The number of halogens is 1. The second kappa shape index (κ2) is 8.56. The van der Waals surface area contributed by atoms with Crippen molar-refractivity contribution < 1.29 is 13.2 Å². The van der Waals surface area contributed by atoms with Crippen LogP contribution in [0.5, 0.6) is 0 Å². The highest BCUT2D eigenvalue weighted by atomic mass is 79.9. The highest BCUT2D eigenvalue weighted by Crippen LogP contribution is 2.25. The maximum absolute atomic E-state index is 12.9. The van der Waals surface area contributed by atoms with Gasteiger partial charge in [-0.3, -0.25) is 4.79 Å². The van der Waals surface area contributed by atoms with Crippen LogP contribution in [-0.2, 0) is 15.6 Å². The summed E-state index contributed by atoms with van der Waals surface area (Å²) < 4.78 is 26.1. The summed E-state index contributed by atoms with van der Waals surface area (Å²) in [5.74, 6) is -0.774. The van der Waals surface area contributed by atoms with Gasteiger partial charge >= 0.3 is 0 Å². The minimum absolute atomic E-state index is 0.0497. The molecule has 156 valence electrons. The fourth-order valence-electron chi connectivity index (χ4n) is 3.22. The van der Waals surface area contributed by atoms with Crippen LogP contribution in [0.4, 0.5) is 5.69 Å². The third-order valence-corrected chi connectivity index (χ3v) is 6.88. The molecule has 31 heavy (non-hydrogen) atoms. The molecule has 1 N–H and O–H groups in total. The van der Waals surface area contributed by atoms with E-state index in [-0.39, 0.29) is 16.6 Å². The molecule has 0 aliphatic heterocycles. The van der Waals surface area contributed by atoms with Crippen LogP contribution in [0.3, 0.4) is 0 Å². The van der Waals surface area contributed by atoms with Gasteiger partial charge in [0.25, 0.3) is 5.91 Å². The van der Waals surface area contributed by atoms with Crippen molar-refractivity contribution in [3.63, 3.8) is 0 Å². The van der Waals surface area contributed by atoms with Crippen LogP contribution in [-0.4, -0.2) is 24.3 Å². The number of hydrogen-bond donors (Lipinski definition) is 1. The molecule has 1 aromatic heterocycles. The van der Waals surface area contributed by atoms with Gasteiger partial charge in [0, 0.05) is 17.3 Å². The Morgan fingerprint density at radius 1 is 1.00 bits per heavy atom. The van der Waals surface area contributed by atoms with Crippen LogP contribution in [0, 0.1) is 6.92 Å². The topological polar surface area (TPSA) is 89.0 Å². The van der Waals surface area contributed by atoms with Crippen molar-refractivity contribution in [1.29, 1.82) is 0 Å². The number of aromatic nitrogens is 2. The highest BCUT2D eigenvalue weighted by Gasteiger charge is 2.23. The Bertz CT molecular complexity index is 1400. The molecule has 4 aromatic rings. The van der Waals surface area contributed by atoms with Crippen LogP contribution < -0.4 is 5.32 Å². The first-order chi connectivity index (χ1) is 14.8. The van der Waals surface area contributed by atoms with Gasteiger partial charge in [0.15, 0.2) is 0 Å². The lowest BCUT2D eigenvalue weighted by atomic mass is 10.1. The maximum Gasteiger partial charge on any atom is 0.275 e. The van der Waals surface area contributed by atoms with E-state index in [1.807, 2.05) is 55.5 Å². The van der Waals surface area contributed by atoms with Crippen molar-refractivity contribution >= 4 is 48.1 Å². The summed E-state index contributed by atoms with van der Waals surface area (Å²) in [7, 11) is -3.84. The van der Waals surface area contributed by atoms with E-state index >= 15 is 0 Å². The lowest BCUT2D eigenvalue weighted by Gasteiger charge is -2.11. The fraction of sp³-hybridized carbons (Fsp3) is 0.0870. The molecule has 0 bridgehead atoms. The molecule has 0 atom stereocenters. The molecule has 6 nitrogen and oxygen atoms in total. The summed E-state index contributed by atoms with van der Waals surface area (Å²) in [4.78, 5) is 21.0. The number of amides is 1.